The highest BCUT2D eigenvalue weighted by molar-refractivity contribution is 7.15. The van der Waals surface area contributed by atoms with Crippen molar-refractivity contribution < 1.29 is 19.1 Å². The number of hydrogen-bond donors (Lipinski definition) is 1. The predicted molar refractivity (Wildman–Crippen MR) is 116 cm³/mol. The van der Waals surface area contributed by atoms with Crippen molar-refractivity contribution in [1.29, 1.82) is 0 Å². The number of thiophene rings is 1. The topological polar surface area (TPSA) is 64.6 Å². The second kappa shape index (κ2) is 9.78. The van der Waals surface area contributed by atoms with Gasteiger partial charge in [0.05, 0.1) is 11.6 Å². The second-order valence-electron chi connectivity index (χ2n) is 5.85. The summed E-state index contributed by atoms with van der Waals surface area (Å²) in [6.07, 6.45) is 0. The summed E-state index contributed by atoms with van der Waals surface area (Å²) in [5.41, 5.74) is 1.75. The van der Waals surface area contributed by atoms with Crippen LogP contribution in [-0.2, 0) is 9.53 Å². The van der Waals surface area contributed by atoms with Gasteiger partial charge in [-0.2, -0.15) is 0 Å². The Morgan fingerprint density at radius 1 is 1.07 bits per heavy atom. The quantitative estimate of drug-likeness (QED) is 0.454. The van der Waals surface area contributed by atoms with Crippen molar-refractivity contribution in [2.24, 2.45) is 0 Å². The van der Waals surface area contributed by atoms with E-state index in [4.69, 9.17) is 32.7 Å². The van der Waals surface area contributed by atoms with E-state index in [1.54, 1.807) is 60.8 Å². The number of nitrogens with one attached hydrogen (secondary N) is 1. The molecule has 0 aliphatic carbocycles. The van der Waals surface area contributed by atoms with E-state index in [0.717, 1.165) is 5.56 Å². The molecular weight excluding hydrogens is 433 g/mol. The third-order valence-corrected chi connectivity index (χ3v) is 5.33. The lowest BCUT2D eigenvalue weighted by atomic mass is 10.0. The van der Waals surface area contributed by atoms with Crippen molar-refractivity contribution in [3.63, 3.8) is 0 Å². The molecule has 1 amide bonds. The van der Waals surface area contributed by atoms with Gasteiger partial charge >= 0.3 is 5.97 Å². The van der Waals surface area contributed by atoms with E-state index in [1.807, 2.05) is 0 Å². The fourth-order valence-electron chi connectivity index (χ4n) is 2.57. The summed E-state index contributed by atoms with van der Waals surface area (Å²) in [7, 11) is 0. The summed E-state index contributed by atoms with van der Waals surface area (Å²) >= 11 is 13.2. The maximum absolute atomic E-state index is 12.6. The number of para-hydroxylation sites is 1. The number of benzene rings is 2. The zero-order chi connectivity index (χ0) is 20.8. The van der Waals surface area contributed by atoms with E-state index in [-0.39, 0.29) is 13.2 Å². The highest BCUT2D eigenvalue weighted by Gasteiger charge is 2.23. The Morgan fingerprint density at radius 2 is 1.79 bits per heavy atom. The molecule has 0 spiro atoms. The highest BCUT2D eigenvalue weighted by atomic mass is 35.5. The van der Waals surface area contributed by atoms with E-state index in [2.05, 4.69) is 5.32 Å². The first-order valence-corrected chi connectivity index (χ1v) is 10.3. The average molecular weight is 450 g/mol. The number of rotatable bonds is 7. The van der Waals surface area contributed by atoms with E-state index in [0.29, 0.717) is 31.9 Å². The van der Waals surface area contributed by atoms with Crippen molar-refractivity contribution >= 4 is 51.4 Å². The first kappa shape index (κ1) is 21.2. The van der Waals surface area contributed by atoms with E-state index in [1.165, 1.54) is 11.3 Å². The molecule has 0 bridgehead atoms. The van der Waals surface area contributed by atoms with Crippen LogP contribution in [0.1, 0.15) is 17.3 Å². The van der Waals surface area contributed by atoms with Gasteiger partial charge in [0.15, 0.2) is 6.61 Å². The van der Waals surface area contributed by atoms with Crippen molar-refractivity contribution in [2.45, 2.75) is 6.92 Å². The Labute approximate surface area is 182 Å². The fourth-order valence-corrected chi connectivity index (χ4v) is 3.86. The van der Waals surface area contributed by atoms with Crippen LogP contribution >= 0.6 is 34.5 Å². The molecule has 0 unspecified atom stereocenters. The van der Waals surface area contributed by atoms with Crippen LogP contribution in [0.3, 0.4) is 0 Å². The lowest BCUT2D eigenvalue weighted by molar-refractivity contribution is -0.118. The smallest absolute Gasteiger partial charge is 0.341 e. The number of hydrogen-bond acceptors (Lipinski definition) is 5. The van der Waals surface area contributed by atoms with Crippen LogP contribution in [0, 0.1) is 0 Å². The molecule has 0 saturated heterocycles. The second-order valence-corrected chi connectivity index (χ2v) is 7.57. The van der Waals surface area contributed by atoms with Crippen molar-refractivity contribution in [2.75, 3.05) is 18.5 Å². The van der Waals surface area contributed by atoms with Crippen LogP contribution < -0.4 is 10.1 Å². The van der Waals surface area contributed by atoms with Crippen LogP contribution in [0.25, 0.3) is 11.1 Å². The zero-order valence-electron chi connectivity index (χ0n) is 15.4. The molecule has 0 atom stereocenters. The highest BCUT2D eigenvalue weighted by Crippen LogP contribution is 2.36. The molecule has 1 aromatic heterocycles. The Kier molecular flexibility index (Phi) is 7.14. The molecule has 150 valence electrons. The Morgan fingerprint density at radius 3 is 2.48 bits per heavy atom. The Balaban J connectivity index is 1.81. The fraction of sp³-hybridized carbons (Fsp3) is 0.143. The monoisotopic (exact) mass is 449 g/mol. The summed E-state index contributed by atoms with van der Waals surface area (Å²) in [5, 5.41) is 5.91. The van der Waals surface area contributed by atoms with Gasteiger partial charge in [0.25, 0.3) is 5.91 Å². The Hall–Kier alpha value is -2.54. The molecule has 0 fully saturated rings. The number of carbonyl (C=O) groups excluding carboxylic acids is 2. The standard InChI is InChI=1S/C21H17Cl2NO4S/c1-2-27-21(26)19-15(13-7-9-14(22)10-8-13)12-29-20(19)24-18(25)11-28-17-6-4-3-5-16(17)23/h3-10,12H,2,11H2,1H3,(H,24,25). The van der Waals surface area contributed by atoms with Gasteiger partial charge in [-0.25, -0.2) is 4.79 Å². The number of carbonyl (C=O) groups is 2. The van der Waals surface area contributed by atoms with Gasteiger partial charge in [-0.3, -0.25) is 4.79 Å². The predicted octanol–water partition coefficient (Wildman–Crippen LogP) is 5.92. The summed E-state index contributed by atoms with van der Waals surface area (Å²) in [4.78, 5) is 24.9. The number of esters is 1. The molecule has 29 heavy (non-hydrogen) atoms. The third kappa shape index (κ3) is 5.29. The van der Waals surface area contributed by atoms with Crippen molar-refractivity contribution in [1.82, 2.24) is 0 Å². The molecule has 0 aliphatic rings. The van der Waals surface area contributed by atoms with Crippen LogP contribution in [0.15, 0.2) is 53.9 Å². The molecular formula is C21H17Cl2NO4S. The molecule has 3 aromatic rings. The molecule has 0 aliphatic heterocycles. The number of amides is 1. The Bertz CT molecular complexity index is 1020. The molecule has 5 nitrogen and oxygen atoms in total. The van der Waals surface area contributed by atoms with Gasteiger partial charge in [0.2, 0.25) is 0 Å². The summed E-state index contributed by atoms with van der Waals surface area (Å²) in [6.45, 7) is 1.69. The molecule has 1 heterocycles. The summed E-state index contributed by atoms with van der Waals surface area (Å²) < 4.78 is 10.6. The first-order valence-electron chi connectivity index (χ1n) is 8.71. The van der Waals surface area contributed by atoms with Crippen LogP contribution in [-0.4, -0.2) is 25.1 Å². The van der Waals surface area contributed by atoms with E-state index >= 15 is 0 Å². The zero-order valence-corrected chi connectivity index (χ0v) is 17.7. The maximum Gasteiger partial charge on any atom is 0.341 e. The third-order valence-electron chi connectivity index (χ3n) is 3.87. The molecule has 8 heteroatoms. The van der Waals surface area contributed by atoms with Gasteiger partial charge in [0, 0.05) is 16.0 Å². The molecule has 0 radical (unpaired) electrons. The average Bonchev–Trinajstić information content (AvgIpc) is 3.11. The molecule has 3 rings (SSSR count). The number of ether oxygens (including phenoxy) is 2. The normalized spacial score (nSPS) is 10.4. The van der Waals surface area contributed by atoms with Gasteiger partial charge in [-0.1, -0.05) is 47.5 Å². The van der Waals surface area contributed by atoms with Gasteiger partial charge in [-0.05, 0) is 36.8 Å². The number of anilines is 1. The van der Waals surface area contributed by atoms with Crippen molar-refractivity contribution in [3.05, 3.63) is 69.5 Å². The van der Waals surface area contributed by atoms with Gasteiger partial charge in [-0.15, -0.1) is 11.3 Å². The lowest BCUT2D eigenvalue weighted by Gasteiger charge is -2.10. The first-order chi connectivity index (χ1) is 14.0. The van der Waals surface area contributed by atoms with Crippen LogP contribution in [0.4, 0.5) is 5.00 Å². The molecule has 2 aromatic carbocycles. The van der Waals surface area contributed by atoms with Gasteiger partial charge < -0.3 is 14.8 Å². The van der Waals surface area contributed by atoms with E-state index in [9.17, 15) is 9.59 Å². The maximum atomic E-state index is 12.6. The van der Waals surface area contributed by atoms with E-state index < -0.39 is 11.9 Å². The van der Waals surface area contributed by atoms with Crippen molar-refractivity contribution in [3.8, 4) is 16.9 Å². The SMILES string of the molecule is CCOC(=O)c1c(-c2ccc(Cl)cc2)csc1NC(=O)COc1ccccc1Cl. The largest absolute Gasteiger partial charge is 0.482 e. The number of halogens is 2. The minimum atomic E-state index is -0.513. The lowest BCUT2D eigenvalue weighted by Crippen LogP contribution is -2.21. The molecule has 0 saturated carbocycles. The molecule has 1 N–H and O–H groups in total. The minimum absolute atomic E-state index is 0.220. The summed E-state index contributed by atoms with van der Waals surface area (Å²) in [5.74, 6) is -0.524. The summed E-state index contributed by atoms with van der Waals surface area (Å²) in [6, 6.07) is 14.0. The van der Waals surface area contributed by atoms with Gasteiger partial charge in [0.1, 0.15) is 16.3 Å². The van der Waals surface area contributed by atoms with Crippen LogP contribution in [0.2, 0.25) is 10.0 Å². The van der Waals surface area contributed by atoms with Crippen LogP contribution in [0.5, 0.6) is 5.75 Å². The minimum Gasteiger partial charge on any atom is -0.482 e.